The molecular weight excluding hydrogens is 268 g/mol. The predicted molar refractivity (Wildman–Crippen MR) is 80.1 cm³/mol. The van der Waals surface area contributed by atoms with Gasteiger partial charge in [-0.25, -0.2) is 0 Å². The van der Waals surface area contributed by atoms with Gasteiger partial charge in [0, 0.05) is 25.5 Å². The van der Waals surface area contributed by atoms with E-state index < -0.39 is 11.9 Å². The molecule has 2 unspecified atom stereocenters. The molecule has 6 nitrogen and oxygen atoms in total. The lowest BCUT2D eigenvalue weighted by molar-refractivity contribution is -0.137. The fourth-order valence-electron chi connectivity index (χ4n) is 3.02. The molecule has 4 N–H and O–H groups in total. The summed E-state index contributed by atoms with van der Waals surface area (Å²) in [5, 5.41) is 0. The zero-order chi connectivity index (χ0) is 15.4. The van der Waals surface area contributed by atoms with Crippen LogP contribution >= 0.6 is 0 Å². The van der Waals surface area contributed by atoms with Gasteiger partial charge in [0.25, 0.3) is 0 Å². The minimum Gasteiger partial charge on any atom is -0.370 e. The number of carbonyl (C=O) groups is 2. The molecule has 2 rings (SSSR count). The van der Waals surface area contributed by atoms with Gasteiger partial charge >= 0.3 is 0 Å². The molecule has 0 saturated carbocycles. The number of nitrogens with two attached hydrogens (primary N) is 2. The standard InChI is InChI=1S/C15H24N4O2/c1-18-8-5-7-12(18)13-6-3-2-4-9-19(13)15(21)11(16)10-14(17)20/h5,7-8,11,13H,2-4,6,9-10,16H2,1H3,(H2,17,20). The van der Waals surface area contributed by atoms with Crippen molar-refractivity contribution in [1.29, 1.82) is 0 Å². The Labute approximate surface area is 125 Å². The molecule has 1 aliphatic rings. The molecule has 0 bridgehead atoms. The maximum absolute atomic E-state index is 12.6. The summed E-state index contributed by atoms with van der Waals surface area (Å²) < 4.78 is 2.04. The second-order valence-corrected chi connectivity index (χ2v) is 5.72. The molecule has 1 aliphatic heterocycles. The Balaban J connectivity index is 2.22. The number of aryl methyl sites for hydroxylation is 1. The van der Waals surface area contributed by atoms with E-state index in [1.165, 1.54) is 0 Å². The molecule has 2 atom stereocenters. The highest BCUT2D eigenvalue weighted by atomic mass is 16.2. The Morgan fingerprint density at radius 2 is 2.14 bits per heavy atom. The second kappa shape index (κ2) is 6.76. The van der Waals surface area contributed by atoms with Crippen molar-refractivity contribution in [2.45, 2.75) is 44.2 Å². The predicted octanol–water partition coefficient (Wildman–Crippen LogP) is 0.672. The molecule has 2 heterocycles. The van der Waals surface area contributed by atoms with Gasteiger partial charge < -0.3 is 20.9 Å². The number of aromatic nitrogens is 1. The van der Waals surface area contributed by atoms with E-state index in [2.05, 4.69) is 0 Å². The first kappa shape index (κ1) is 15.6. The van der Waals surface area contributed by atoms with Crippen LogP contribution in [0, 0.1) is 0 Å². The zero-order valence-corrected chi connectivity index (χ0v) is 12.5. The summed E-state index contributed by atoms with van der Waals surface area (Å²) in [4.78, 5) is 25.4. The van der Waals surface area contributed by atoms with Gasteiger partial charge in [0.1, 0.15) is 0 Å². The molecule has 0 radical (unpaired) electrons. The highest BCUT2D eigenvalue weighted by Gasteiger charge is 2.31. The van der Waals surface area contributed by atoms with Crippen molar-refractivity contribution in [2.24, 2.45) is 18.5 Å². The molecule has 1 aromatic heterocycles. The van der Waals surface area contributed by atoms with Gasteiger partial charge in [-0.2, -0.15) is 0 Å². The van der Waals surface area contributed by atoms with Crippen LogP contribution in [0.5, 0.6) is 0 Å². The summed E-state index contributed by atoms with van der Waals surface area (Å²) in [5.74, 6) is -0.719. The van der Waals surface area contributed by atoms with E-state index in [0.717, 1.165) is 31.4 Å². The molecule has 1 saturated heterocycles. The summed E-state index contributed by atoms with van der Waals surface area (Å²) in [5.41, 5.74) is 12.1. The third-order valence-electron chi connectivity index (χ3n) is 4.10. The highest BCUT2D eigenvalue weighted by molar-refractivity contribution is 5.87. The van der Waals surface area contributed by atoms with E-state index in [1.54, 1.807) is 0 Å². The number of amides is 2. The molecule has 21 heavy (non-hydrogen) atoms. The van der Waals surface area contributed by atoms with Crippen LogP contribution in [0.15, 0.2) is 18.3 Å². The van der Waals surface area contributed by atoms with E-state index in [0.29, 0.717) is 6.54 Å². The number of primary amides is 1. The quantitative estimate of drug-likeness (QED) is 0.854. The van der Waals surface area contributed by atoms with Gasteiger partial charge in [-0.15, -0.1) is 0 Å². The molecule has 0 spiro atoms. The molecule has 6 heteroatoms. The number of hydrogen-bond donors (Lipinski definition) is 2. The summed E-state index contributed by atoms with van der Waals surface area (Å²) in [6.45, 7) is 0.682. The smallest absolute Gasteiger partial charge is 0.240 e. The van der Waals surface area contributed by atoms with Crippen LogP contribution in [0.1, 0.15) is 43.8 Å². The normalized spacial score (nSPS) is 20.9. The van der Waals surface area contributed by atoms with E-state index in [1.807, 2.05) is 34.8 Å². The van der Waals surface area contributed by atoms with Crippen molar-refractivity contribution >= 4 is 11.8 Å². The van der Waals surface area contributed by atoms with Gasteiger partial charge in [-0.3, -0.25) is 9.59 Å². The summed E-state index contributed by atoms with van der Waals surface area (Å²) in [6, 6.07) is 3.20. The van der Waals surface area contributed by atoms with Gasteiger partial charge in [-0.05, 0) is 25.0 Å². The Morgan fingerprint density at radius 1 is 1.38 bits per heavy atom. The number of rotatable bonds is 4. The third kappa shape index (κ3) is 3.64. The Morgan fingerprint density at radius 3 is 2.76 bits per heavy atom. The number of likely N-dealkylation sites (tertiary alicyclic amines) is 1. The minimum absolute atomic E-state index is 0.0268. The topological polar surface area (TPSA) is 94.3 Å². The zero-order valence-electron chi connectivity index (χ0n) is 12.5. The summed E-state index contributed by atoms with van der Waals surface area (Å²) in [6.07, 6.45) is 5.96. The van der Waals surface area contributed by atoms with Gasteiger partial charge in [0.2, 0.25) is 11.8 Å². The van der Waals surface area contributed by atoms with Crippen molar-refractivity contribution in [3.63, 3.8) is 0 Å². The highest BCUT2D eigenvalue weighted by Crippen LogP contribution is 2.30. The minimum atomic E-state index is -0.844. The van der Waals surface area contributed by atoms with Crippen LogP contribution in [0.2, 0.25) is 0 Å². The largest absolute Gasteiger partial charge is 0.370 e. The first-order valence-corrected chi connectivity index (χ1v) is 7.46. The molecule has 116 valence electrons. The molecule has 2 amide bonds. The molecule has 1 aromatic rings. The van der Waals surface area contributed by atoms with Crippen molar-refractivity contribution < 1.29 is 9.59 Å². The Bertz CT molecular complexity index is 512. The Kier molecular flexibility index (Phi) is 5.01. The first-order valence-electron chi connectivity index (χ1n) is 7.46. The molecule has 0 aliphatic carbocycles. The van der Waals surface area contributed by atoms with Crippen LogP contribution in [0.4, 0.5) is 0 Å². The number of carbonyl (C=O) groups excluding carboxylic acids is 2. The lowest BCUT2D eigenvalue weighted by Crippen LogP contribution is -2.47. The van der Waals surface area contributed by atoms with E-state index in [4.69, 9.17) is 11.5 Å². The average molecular weight is 292 g/mol. The number of nitrogens with zero attached hydrogens (tertiary/aromatic N) is 2. The average Bonchev–Trinajstić information content (AvgIpc) is 2.71. The van der Waals surface area contributed by atoms with Crippen molar-refractivity contribution in [1.82, 2.24) is 9.47 Å². The lowest BCUT2D eigenvalue weighted by Gasteiger charge is -2.32. The third-order valence-corrected chi connectivity index (χ3v) is 4.10. The molecule has 0 aromatic carbocycles. The summed E-state index contributed by atoms with van der Waals surface area (Å²) >= 11 is 0. The van der Waals surface area contributed by atoms with Crippen molar-refractivity contribution in [2.75, 3.05) is 6.54 Å². The van der Waals surface area contributed by atoms with Gasteiger partial charge in [-0.1, -0.05) is 12.8 Å². The van der Waals surface area contributed by atoms with Crippen LogP contribution in [-0.2, 0) is 16.6 Å². The van der Waals surface area contributed by atoms with Crippen molar-refractivity contribution in [3.8, 4) is 0 Å². The van der Waals surface area contributed by atoms with E-state index >= 15 is 0 Å². The van der Waals surface area contributed by atoms with E-state index in [9.17, 15) is 9.59 Å². The Hall–Kier alpha value is -1.82. The van der Waals surface area contributed by atoms with Crippen LogP contribution in [-0.4, -0.2) is 33.9 Å². The molecule has 1 fully saturated rings. The summed E-state index contributed by atoms with van der Waals surface area (Å²) in [7, 11) is 1.98. The lowest BCUT2D eigenvalue weighted by atomic mass is 10.0. The fourth-order valence-corrected chi connectivity index (χ4v) is 3.02. The fraction of sp³-hybridized carbons (Fsp3) is 0.600. The SMILES string of the molecule is Cn1cccc1C1CCCCCN1C(=O)C(N)CC(N)=O. The maximum Gasteiger partial charge on any atom is 0.240 e. The first-order chi connectivity index (χ1) is 10.0. The maximum atomic E-state index is 12.6. The van der Waals surface area contributed by atoms with Crippen LogP contribution in [0.25, 0.3) is 0 Å². The van der Waals surface area contributed by atoms with E-state index in [-0.39, 0.29) is 18.4 Å². The van der Waals surface area contributed by atoms with Crippen LogP contribution in [0.3, 0.4) is 0 Å². The van der Waals surface area contributed by atoms with Gasteiger partial charge in [0.15, 0.2) is 0 Å². The monoisotopic (exact) mass is 292 g/mol. The van der Waals surface area contributed by atoms with Crippen LogP contribution < -0.4 is 11.5 Å². The van der Waals surface area contributed by atoms with Crippen molar-refractivity contribution in [3.05, 3.63) is 24.0 Å². The second-order valence-electron chi connectivity index (χ2n) is 5.72. The van der Waals surface area contributed by atoms with Gasteiger partial charge in [0.05, 0.1) is 18.5 Å². The number of hydrogen-bond acceptors (Lipinski definition) is 3. The molecular formula is C15H24N4O2.